The Labute approximate surface area is 116 Å². The fraction of sp³-hybridized carbons (Fsp3) is 0. The second kappa shape index (κ2) is 4.64. The predicted molar refractivity (Wildman–Crippen MR) is 71.4 cm³/mol. The van der Waals surface area contributed by atoms with E-state index in [1.807, 2.05) is 0 Å². The van der Waals surface area contributed by atoms with Gasteiger partial charge >= 0.3 is 0 Å². The molecular formula is C11H6Cl2FN5. The Hall–Kier alpha value is -1.92. The molecule has 0 fully saturated rings. The lowest BCUT2D eigenvalue weighted by molar-refractivity contribution is 0.629. The van der Waals surface area contributed by atoms with Crippen molar-refractivity contribution in [1.29, 1.82) is 0 Å². The molecule has 96 valence electrons. The summed E-state index contributed by atoms with van der Waals surface area (Å²) in [5.41, 5.74) is 1.50. The van der Waals surface area contributed by atoms with Crippen molar-refractivity contribution in [3.63, 3.8) is 0 Å². The topological polar surface area (TPSA) is 66.5 Å². The molecule has 0 spiro atoms. The number of aromatic amines is 1. The molecule has 2 aromatic heterocycles. The first kappa shape index (κ1) is 12.1. The highest BCUT2D eigenvalue weighted by molar-refractivity contribution is 6.30. The summed E-state index contributed by atoms with van der Waals surface area (Å²) >= 11 is 11.4. The summed E-state index contributed by atoms with van der Waals surface area (Å²) in [6.07, 6.45) is 1.48. The summed E-state index contributed by atoms with van der Waals surface area (Å²) in [6, 6.07) is 4.34. The van der Waals surface area contributed by atoms with E-state index in [9.17, 15) is 4.39 Å². The van der Waals surface area contributed by atoms with Crippen LogP contribution in [0.3, 0.4) is 0 Å². The van der Waals surface area contributed by atoms with E-state index >= 15 is 0 Å². The molecule has 8 heteroatoms. The minimum absolute atomic E-state index is 0.0523. The number of anilines is 2. The molecule has 0 aliphatic carbocycles. The number of hydrogen-bond acceptors (Lipinski definition) is 4. The molecule has 0 saturated carbocycles. The Morgan fingerprint density at radius 2 is 2.05 bits per heavy atom. The van der Waals surface area contributed by atoms with Crippen molar-refractivity contribution in [2.24, 2.45) is 0 Å². The average Bonchev–Trinajstić information content (AvgIpc) is 2.82. The Morgan fingerprint density at radius 3 is 2.84 bits per heavy atom. The Balaban J connectivity index is 2.04. The van der Waals surface area contributed by atoms with E-state index in [0.717, 1.165) is 0 Å². The maximum atomic E-state index is 13.4. The zero-order chi connectivity index (χ0) is 13.4. The molecule has 0 unspecified atom stereocenters. The predicted octanol–water partition coefficient (Wildman–Crippen LogP) is 3.54. The molecule has 5 nitrogen and oxygen atoms in total. The smallest absolute Gasteiger partial charge is 0.226 e. The molecule has 0 amide bonds. The lowest BCUT2D eigenvalue weighted by atomic mass is 10.3. The van der Waals surface area contributed by atoms with Gasteiger partial charge in [-0.3, -0.25) is 0 Å². The van der Waals surface area contributed by atoms with Crippen LogP contribution < -0.4 is 5.32 Å². The van der Waals surface area contributed by atoms with E-state index < -0.39 is 5.82 Å². The molecule has 0 bridgehead atoms. The molecule has 3 rings (SSSR count). The SMILES string of the molecule is Fc1cc(Nc2nc(Cl)nc3nc[nH]c23)ccc1Cl. The van der Waals surface area contributed by atoms with E-state index in [1.54, 1.807) is 6.07 Å². The maximum Gasteiger partial charge on any atom is 0.226 e. The number of fused-ring (bicyclic) bond motifs is 1. The van der Waals surface area contributed by atoms with Gasteiger partial charge in [-0.15, -0.1) is 0 Å². The van der Waals surface area contributed by atoms with Crippen molar-refractivity contribution < 1.29 is 4.39 Å². The molecule has 2 N–H and O–H groups in total. The van der Waals surface area contributed by atoms with E-state index in [1.165, 1.54) is 18.5 Å². The molecule has 2 heterocycles. The number of imidazole rings is 1. The summed E-state index contributed by atoms with van der Waals surface area (Å²) in [5, 5.41) is 3.04. The summed E-state index contributed by atoms with van der Waals surface area (Å²) in [6.45, 7) is 0. The molecule has 0 radical (unpaired) electrons. The van der Waals surface area contributed by atoms with E-state index in [2.05, 4.69) is 25.3 Å². The number of nitrogens with zero attached hydrogens (tertiary/aromatic N) is 3. The Morgan fingerprint density at radius 1 is 1.21 bits per heavy atom. The number of halogens is 3. The molecule has 3 aromatic rings. The second-order valence-electron chi connectivity index (χ2n) is 3.70. The first-order chi connectivity index (χ1) is 9.13. The van der Waals surface area contributed by atoms with Gasteiger partial charge in [-0.2, -0.15) is 9.97 Å². The highest BCUT2D eigenvalue weighted by atomic mass is 35.5. The lowest BCUT2D eigenvalue weighted by Crippen LogP contribution is -1.97. The summed E-state index contributed by atoms with van der Waals surface area (Å²) < 4.78 is 13.4. The number of aromatic nitrogens is 4. The highest BCUT2D eigenvalue weighted by Gasteiger charge is 2.10. The van der Waals surface area contributed by atoms with Gasteiger partial charge in [-0.25, -0.2) is 9.37 Å². The normalized spacial score (nSPS) is 10.9. The first-order valence-electron chi connectivity index (χ1n) is 5.22. The zero-order valence-electron chi connectivity index (χ0n) is 9.28. The quantitative estimate of drug-likeness (QED) is 0.710. The van der Waals surface area contributed by atoms with Crippen LogP contribution in [0.2, 0.25) is 10.3 Å². The average molecular weight is 298 g/mol. The molecule has 1 aromatic carbocycles. The van der Waals surface area contributed by atoms with Crippen LogP contribution in [0.25, 0.3) is 11.2 Å². The molecule has 19 heavy (non-hydrogen) atoms. The van der Waals surface area contributed by atoms with Crippen LogP contribution in [-0.2, 0) is 0 Å². The molecule has 0 saturated heterocycles. The fourth-order valence-electron chi connectivity index (χ4n) is 1.61. The fourth-order valence-corrected chi connectivity index (χ4v) is 1.89. The first-order valence-corrected chi connectivity index (χ1v) is 5.98. The van der Waals surface area contributed by atoms with Gasteiger partial charge in [0.05, 0.1) is 11.3 Å². The van der Waals surface area contributed by atoms with E-state index in [0.29, 0.717) is 22.7 Å². The van der Waals surface area contributed by atoms with Crippen molar-refractivity contribution >= 4 is 45.9 Å². The third-order valence-corrected chi connectivity index (χ3v) is 2.92. The van der Waals surface area contributed by atoms with Crippen LogP contribution in [0.1, 0.15) is 0 Å². The number of benzene rings is 1. The number of nitrogens with one attached hydrogen (secondary N) is 2. The van der Waals surface area contributed by atoms with Gasteiger partial charge < -0.3 is 10.3 Å². The van der Waals surface area contributed by atoms with E-state index in [4.69, 9.17) is 23.2 Å². The summed E-state index contributed by atoms with van der Waals surface area (Å²) in [4.78, 5) is 14.9. The minimum atomic E-state index is -0.521. The maximum absolute atomic E-state index is 13.4. The largest absolute Gasteiger partial charge is 0.340 e. The Kier molecular flexibility index (Phi) is 2.96. The summed E-state index contributed by atoms with van der Waals surface area (Å²) in [5.74, 6) is -0.109. The minimum Gasteiger partial charge on any atom is -0.340 e. The van der Waals surface area contributed by atoms with Gasteiger partial charge in [0.1, 0.15) is 11.3 Å². The number of hydrogen-bond donors (Lipinski definition) is 2. The van der Waals surface area contributed by atoms with Gasteiger partial charge in [0, 0.05) is 5.69 Å². The van der Waals surface area contributed by atoms with Crippen LogP contribution in [0.15, 0.2) is 24.5 Å². The number of H-pyrrole nitrogens is 1. The van der Waals surface area contributed by atoms with Crippen molar-refractivity contribution in [3.8, 4) is 0 Å². The monoisotopic (exact) mass is 297 g/mol. The standard InChI is InChI=1S/C11H6Cl2FN5/c12-6-2-1-5(3-7(6)14)17-10-8-9(16-4-15-8)18-11(13)19-10/h1-4H,(H2,15,16,17,18,19). The van der Waals surface area contributed by atoms with Gasteiger partial charge in [0.15, 0.2) is 11.5 Å². The van der Waals surface area contributed by atoms with E-state index in [-0.39, 0.29) is 10.3 Å². The number of rotatable bonds is 2. The highest BCUT2D eigenvalue weighted by Crippen LogP contribution is 2.25. The van der Waals surface area contributed by atoms with Crippen LogP contribution >= 0.6 is 23.2 Å². The molecular weight excluding hydrogens is 292 g/mol. The second-order valence-corrected chi connectivity index (χ2v) is 4.44. The van der Waals surface area contributed by atoms with Gasteiger partial charge in [0.2, 0.25) is 5.28 Å². The van der Waals surface area contributed by atoms with Crippen molar-refractivity contribution in [1.82, 2.24) is 19.9 Å². The van der Waals surface area contributed by atoms with Gasteiger partial charge in [-0.05, 0) is 29.8 Å². The van der Waals surface area contributed by atoms with Gasteiger partial charge in [0.25, 0.3) is 0 Å². The third kappa shape index (κ3) is 2.32. The van der Waals surface area contributed by atoms with Crippen LogP contribution in [0.4, 0.5) is 15.9 Å². The van der Waals surface area contributed by atoms with Crippen LogP contribution in [-0.4, -0.2) is 19.9 Å². The molecule has 0 aliphatic heterocycles. The lowest BCUT2D eigenvalue weighted by Gasteiger charge is -2.07. The van der Waals surface area contributed by atoms with Gasteiger partial charge in [-0.1, -0.05) is 11.6 Å². The van der Waals surface area contributed by atoms with Crippen LogP contribution in [0.5, 0.6) is 0 Å². The third-order valence-electron chi connectivity index (χ3n) is 2.44. The van der Waals surface area contributed by atoms with Crippen molar-refractivity contribution in [2.75, 3.05) is 5.32 Å². The molecule has 0 aliphatic rings. The van der Waals surface area contributed by atoms with Crippen LogP contribution in [0, 0.1) is 5.82 Å². The summed E-state index contributed by atoms with van der Waals surface area (Å²) in [7, 11) is 0. The van der Waals surface area contributed by atoms with Crippen molar-refractivity contribution in [3.05, 3.63) is 40.6 Å². The van der Waals surface area contributed by atoms with Crippen molar-refractivity contribution in [2.45, 2.75) is 0 Å². The zero-order valence-corrected chi connectivity index (χ0v) is 10.8. The Bertz CT molecular complexity index is 758. The molecule has 0 atom stereocenters.